The maximum absolute atomic E-state index is 13.1. The molecule has 0 unspecified atom stereocenters. The minimum atomic E-state index is -0.536. The van der Waals surface area contributed by atoms with E-state index in [1.807, 2.05) is 24.3 Å². The zero-order valence-corrected chi connectivity index (χ0v) is 15.2. The maximum atomic E-state index is 13.1. The van der Waals surface area contributed by atoms with Crippen molar-refractivity contribution >= 4 is 35.0 Å². The Kier molecular flexibility index (Phi) is 5.75. The van der Waals surface area contributed by atoms with E-state index in [2.05, 4.69) is 20.5 Å². The Hall–Kier alpha value is -2.58. The topological polar surface area (TPSA) is 79.9 Å². The Morgan fingerprint density at radius 3 is 2.77 bits per heavy atom. The van der Waals surface area contributed by atoms with Crippen molar-refractivity contribution in [2.75, 3.05) is 18.2 Å². The molecular weight excluding hydrogens is 379 g/mol. The van der Waals surface area contributed by atoms with Crippen molar-refractivity contribution in [3.63, 3.8) is 0 Å². The van der Waals surface area contributed by atoms with E-state index >= 15 is 0 Å². The highest BCUT2D eigenvalue weighted by atomic mass is 35.5. The van der Waals surface area contributed by atoms with Crippen molar-refractivity contribution in [2.24, 2.45) is 0 Å². The van der Waals surface area contributed by atoms with Gasteiger partial charge in [-0.05, 0) is 42.5 Å². The number of benzene rings is 2. The average Bonchev–Trinajstić information content (AvgIpc) is 3.12. The van der Waals surface area contributed by atoms with E-state index < -0.39 is 5.82 Å². The Morgan fingerprint density at radius 2 is 2.08 bits per heavy atom. The lowest BCUT2D eigenvalue weighted by Crippen LogP contribution is -2.14. The summed E-state index contributed by atoms with van der Waals surface area (Å²) in [5, 5.41) is 9.96. The number of H-pyrrole nitrogens is 1. The first-order chi connectivity index (χ1) is 12.5. The number of amides is 1. The molecule has 0 radical (unpaired) electrons. The van der Waals surface area contributed by atoms with Gasteiger partial charge in [-0.3, -0.25) is 9.89 Å². The van der Waals surface area contributed by atoms with Crippen LogP contribution in [0, 0.1) is 5.82 Å². The third kappa shape index (κ3) is 4.53. The normalized spacial score (nSPS) is 10.6. The smallest absolute Gasteiger partial charge is 0.234 e. The Bertz CT molecular complexity index is 917. The molecule has 6 nitrogen and oxygen atoms in total. The van der Waals surface area contributed by atoms with Crippen LogP contribution in [0.25, 0.3) is 11.4 Å². The summed E-state index contributed by atoms with van der Waals surface area (Å²) < 4.78 is 18.2. The zero-order chi connectivity index (χ0) is 18.5. The Labute approximate surface area is 158 Å². The number of aromatic nitrogens is 3. The fourth-order valence-corrected chi connectivity index (χ4v) is 2.87. The van der Waals surface area contributed by atoms with Crippen LogP contribution >= 0.6 is 23.4 Å². The van der Waals surface area contributed by atoms with Crippen LogP contribution in [0.3, 0.4) is 0 Å². The predicted octanol–water partition coefficient (Wildman–Crippen LogP) is 4.00. The highest BCUT2D eigenvalue weighted by molar-refractivity contribution is 7.99. The van der Waals surface area contributed by atoms with Crippen molar-refractivity contribution in [1.82, 2.24) is 15.2 Å². The van der Waals surface area contributed by atoms with Crippen molar-refractivity contribution in [1.29, 1.82) is 0 Å². The SMILES string of the molecule is COc1ccc(-c2nc(SCC(=O)Nc3ccc(F)c(Cl)c3)n[nH]2)cc1. The van der Waals surface area contributed by atoms with Crippen molar-refractivity contribution in [3.8, 4) is 17.1 Å². The number of rotatable bonds is 6. The molecule has 0 spiro atoms. The fourth-order valence-electron chi connectivity index (χ4n) is 2.09. The number of carbonyl (C=O) groups excluding carboxylic acids is 1. The summed E-state index contributed by atoms with van der Waals surface area (Å²) >= 11 is 6.87. The number of hydrogen-bond donors (Lipinski definition) is 2. The second kappa shape index (κ2) is 8.20. The third-order valence-corrected chi connectivity index (χ3v) is 4.50. The molecule has 1 amide bonds. The summed E-state index contributed by atoms with van der Waals surface area (Å²) in [5.41, 5.74) is 1.28. The molecule has 134 valence electrons. The number of anilines is 1. The second-order valence-corrected chi connectivity index (χ2v) is 6.51. The molecule has 2 aromatic carbocycles. The monoisotopic (exact) mass is 392 g/mol. The standard InChI is InChI=1S/C17H14ClFN4O2S/c1-25-12-5-2-10(3-6-12)16-21-17(23-22-16)26-9-15(24)20-11-4-7-14(19)13(18)8-11/h2-8H,9H2,1H3,(H,20,24)(H,21,22,23). The Balaban J connectivity index is 1.56. The average molecular weight is 393 g/mol. The fraction of sp³-hybridized carbons (Fsp3) is 0.118. The lowest BCUT2D eigenvalue weighted by molar-refractivity contribution is -0.113. The molecule has 0 aliphatic heterocycles. The molecule has 3 aromatic rings. The number of methoxy groups -OCH3 is 1. The van der Waals surface area contributed by atoms with Gasteiger partial charge in [0, 0.05) is 11.3 Å². The van der Waals surface area contributed by atoms with E-state index in [9.17, 15) is 9.18 Å². The lowest BCUT2D eigenvalue weighted by atomic mass is 10.2. The molecule has 1 heterocycles. The summed E-state index contributed by atoms with van der Waals surface area (Å²) in [6.45, 7) is 0. The number of nitrogens with zero attached hydrogens (tertiary/aromatic N) is 2. The minimum Gasteiger partial charge on any atom is -0.497 e. The van der Waals surface area contributed by atoms with Gasteiger partial charge in [0.25, 0.3) is 0 Å². The van der Waals surface area contributed by atoms with Gasteiger partial charge >= 0.3 is 0 Å². The molecule has 0 aliphatic rings. The number of thioether (sulfide) groups is 1. The zero-order valence-electron chi connectivity index (χ0n) is 13.6. The van der Waals surface area contributed by atoms with Crippen LogP contribution in [-0.2, 0) is 4.79 Å². The number of carbonyl (C=O) groups is 1. The van der Waals surface area contributed by atoms with Crippen molar-refractivity contribution < 1.29 is 13.9 Å². The highest BCUT2D eigenvalue weighted by Crippen LogP contribution is 2.22. The van der Waals surface area contributed by atoms with E-state index in [0.717, 1.165) is 11.3 Å². The number of ether oxygens (including phenoxy) is 1. The van der Waals surface area contributed by atoms with Crippen LogP contribution in [0.2, 0.25) is 5.02 Å². The quantitative estimate of drug-likeness (QED) is 0.620. The first kappa shape index (κ1) is 18.2. The number of halogens is 2. The molecule has 0 saturated heterocycles. The molecule has 9 heteroatoms. The predicted molar refractivity (Wildman–Crippen MR) is 99.1 cm³/mol. The van der Waals surface area contributed by atoms with Gasteiger partial charge in [0.05, 0.1) is 17.9 Å². The van der Waals surface area contributed by atoms with Crippen molar-refractivity contribution in [3.05, 3.63) is 53.3 Å². The van der Waals surface area contributed by atoms with E-state index in [0.29, 0.717) is 16.7 Å². The maximum Gasteiger partial charge on any atom is 0.234 e. The molecule has 3 rings (SSSR count). The van der Waals surface area contributed by atoms with Crippen LogP contribution in [-0.4, -0.2) is 34.0 Å². The first-order valence-electron chi connectivity index (χ1n) is 7.49. The van der Waals surface area contributed by atoms with E-state index in [4.69, 9.17) is 16.3 Å². The van der Waals surface area contributed by atoms with Gasteiger partial charge in [-0.1, -0.05) is 23.4 Å². The second-order valence-electron chi connectivity index (χ2n) is 5.16. The number of aromatic amines is 1. The number of nitrogens with one attached hydrogen (secondary N) is 2. The van der Waals surface area contributed by atoms with Crippen LogP contribution < -0.4 is 10.1 Å². The van der Waals surface area contributed by atoms with Gasteiger partial charge in [0.15, 0.2) is 5.82 Å². The van der Waals surface area contributed by atoms with Gasteiger partial charge in [-0.25, -0.2) is 9.37 Å². The van der Waals surface area contributed by atoms with E-state index in [-0.39, 0.29) is 16.7 Å². The Morgan fingerprint density at radius 1 is 1.31 bits per heavy atom. The summed E-state index contributed by atoms with van der Waals surface area (Å²) in [7, 11) is 1.60. The lowest BCUT2D eigenvalue weighted by Gasteiger charge is -2.04. The highest BCUT2D eigenvalue weighted by Gasteiger charge is 2.10. The molecule has 0 bridgehead atoms. The van der Waals surface area contributed by atoms with E-state index in [1.54, 1.807) is 7.11 Å². The van der Waals surface area contributed by atoms with Gasteiger partial charge in [0.2, 0.25) is 11.1 Å². The van der Waals surface area contributed by atoms with Crippen LogP contribution in [0.1, 0.15) is 0 Å². The first-order valence-corrected chi connectivity index (χ1v) is 8.86. The summed E-state index contributed by atoms with van der Waals surface area (Å²) in [4.78, 5) is 16.3. The van der Waals surface area contributed by atoms with Gasteiger partial charge in [-0.15, -0.1) is 5.10 Å². The van der Waals surface area contributed by atoms with Crippen molar-refractivity contribution in [2.45, 2.75) is 5.16 Å². The summed E-state index contributed by atoms with van der Waals surface area (Å²) in [6.07, 6.45) is 0. The molecule has 2 N–H and O–H groups in total. The van der Waals surface area contributed by atoms with E-state index in [1.165, 1.54) is 30.0 Å². The molecule has 0 atom stereocenters. The minimum absolute atomic E-state index is 0.0476. The van der Waals surface area contributed by atoms with Crippen LogP contribution in [0.15, 0.2) is 47.6 Å². The van der Waals surface area contributed by atoms with Gasteiger partial charge in [0.1, 0.15) is 11.6 Å². The molecule has 26 heavy (non-hydrogen) atoms. The third-order valence-electron chi connectivity index (χ3n) is 3.36. The van der Waals surface area contributed by atoms with Crippen LogP contribution in [0.4, 0.5) is 10.1 Å². The molecular formula is C17H14ClFN4O2S. The van der Waals surface area contributed by atoms with Crippen LogP contribution in [0.5, 0.6) is 5.75 Å². The number of hydrogen-bond acceptors (Lipinski definition) is 5. The largest absolute Gasteiger partial charge is 0.497 e. The molecule has 0 saturated carbocycles. The molecule has 1 aromatic heterocycles. The molecule has 0 aliphatic carbocycles. The van der Waals surface area contributed by atoms with Gasteiger partial charge < -0.3 is 10.1 Å². The van der Waals surface area contributed by atoms with Gasteiger partial charge in [-0.2, -0.15) is 0 Å². The summed E-state index contributed by atoms with van der Waals surface area (Å²) in [5.74, 6) is 0.648. The molecule has 0 fully saturated rings. The summed E-state index contributed by atoms with van der Waals surface area (Å²) in [6, 6.07) is 11.4.